The zero-order valence-electron chi connectivity index (χ0n) is 30.3. The Bertz CT molecular complexity index is 1960. The van der Waals surface area contributed by atoms with Crippen molar-refractivity contribution in [2.75, 3.05) is 35.2 Å². The van der Waals surface area contributed by atoms with E-state index in [1.54, 1.807) is 42.5 Å². The minimum atomic E-state index is -1.55. The number of benzene rings is 4. The highest BCUT2D eigenvalue weighted by atomic mass is 32.2. The first-order chi connectivity index (χ1) is 26.1. The Hall–Kier alpha value is -5.17. The maximum absolute atomic E-state index is 13.8. The first-order valence-electron chi connectivity index (χ1n) is 18.5. The van der Waals surface area contributed by atoms with Gasteiger partial charge in [0.1, 0.15) is 0 Å². The lowest BCUT2D eigenvalue weighted by Crippen LogP contribution is -2.42. The number of anilines is 3. The summed E-state index contributed by atoms with van der Waals surface area (Å²) in [4.78, 5) is 52.8. The summed E-state index contributed by atoms with van der Waals surface area (Å²) in [6.45, 7) is 4.22. The summed E-state index contributed by atoms with van der Waals surface area (Å²) >= 11 is -1.55. The first kappa shape index (κ1) is 38.6. The standard InChI is InChI=1S/C42H46N4O7S/c1-2-46(34-20-16-31(17-21-34)42(51)52)54(53)36-7-5-6-32(26-36)39(47)44-38-23-22-35(45-24-3-4-25-45)27-37(38)40(48)43-33-18-12-29(13-19-33)9-8-28-10-14-30(15-11-28)41(49)50/h5-7,10-15,18-19,22-23,26-27,31,34H,2-4,8-9,16-17,20-21,24-25H2,1H3,(H,43,48)(H,44,47)(H,49,50)(H,51,52). The molecule has 54 heavy (non-hydrogen) atoms. The van der Waals surface area contributed by atoms with Gasteiger partial charge in [-0.2, -0.15) is 0 Å². The van der Waals surface area contributed by atoms with Crippen LogP contribution in [0.4, 0.5) is 17.1 Å². The third-order valence-electron chi connectivity index (χ3n) is 10.4. The molecule has 2 amide bonds. The average molecular weight is 751 g/mol. The number of nitrogens with zero attached hydrogens (tertiary/aromatic N) is 2. The normalized spacial score (nSPS) is 17.6. The molecule has 0 radical (unpaired) electrons. The average Bonchev–Trinajstić information content (AvgIpc) is 3.74. The van der Waals surface area contributed by atoms with Crippen molar-refractivity contribution in [1.82, 2.24) is 4.31 Å². The number of carboxylic acids is 2. The van der Waals surface area contributed by atoms with Crippen LogP contribution in [0.5, 0.6) is 0 Å². The monoisotopic (exact) mass is 750 g/mol. The molecule has 1 unspecified atom stereocenters. The summed E-state index contributed by atoms with van der Waals surface area (Å²) in [5.41, 5.74) is 4.82. The van der Waals surface area contributed by atoms with Crippen LogP contribution in [-0.4, -0.2) is 68.5 Å². The minimum absolute atomic E-state index is 0.0136. The number of hydrogen-bond donors (Lipinski definition) is 4. The summed E-state index contributed by atoms with van der Waals surface area (Å²) < 4.78 is 15.6. The van der Waals surface area contributed by atoms with E-state index in [-0.39, 0.29) is 23.4 Å². The molecule has 282 valence electrons. The van der Waals surface area contributed by atoms with Crippen LogP contribution < -0.4 is 15.5 Å². The van der Waals surface area contributed by atoms with Crippen LogP contribution in [0.25, 0.3) is 0 Å². The van der Waals surface area contributed by atoms with E-state index in [2.05, 4.69) is 15.5 Å². The van der Waals surface area contributed by atoms with Crippen molar-refractivity contribution in [3.63, 3.8) is 0 Å². The molecule has 1 saturated heterocycles. The van der Waals surface area contributed by atoms with Crippen LogP contribution in [0.1, 0.15) is 87.6 Å². The molecular weight excluding hydrogens is 705 g/mol. The van der Waals surface area contributed by atoms with Gasteiger partial charge in [0.05, 0.1) is 40.1 Å². The van der Waals surface area contributed by atoms with Crippen molar-refractivity contribution in [2.24, 2.45) is 5.92 Å². The van der Waals surface area contributed by atoms with Gasteiger partial charge in [-0.05, 0) is 124 Å². The van der Waals surface area contributed by atoms with E-state index in [0.29, 0.717) is 59.6 Å². The van der Waals surface area contributed by atoms with E-state index in [1.807, 2.05) is 59.8 Å². The Morgan fingerprint density at radius 3 is 2.04 bits per heavy atom. The fourth-order valence-corrected chi connectivity index (χ4v) is 8.66. The topological polar surface area (TPSA) is 162 Å². The largest absolute Gasteiger partial charge is 0.593 e. The van der Waals surface area contributed by atoms with Crippen molar-refractivity contribution in [1.29, 1.82) is 0 Å². The lowest BCUT2D eigenvalue weighted by atomic mass is 9.86. The molecule has 1 saturated carbocycles. The number of aliphatic carboxylic acids is 1. The lowest BCUT2D eigenvalue weighted by Gasteiger charge is -2.34. The number of aromatic carboxylic acids is 1. The lowest BCUT2D eigenvalue weighted by molar-refractivity contribution is -0.143. The van der Waals surface area contributed by atoms with Gasteiger partial charge in [0, 0.05) is 42.6 Å². The summed E-state index contributed by atoms with van der Waals surface area (Å²) in [6.07, 6.45) is 5.99. The van der Waals surface area contributed by atoms with Crippen molar-refractivity contribution < 1.29 is 33.9 Å². The number of carbonyl (C=O) groups excluding carboxylic acids is 2. The van der Waals surface area contributed by atoms with E-state index in [9.17, 15) is 28.8 Å². The molecule has 0 aromatic heterocycles. The van der Waals surface area contributed by atoms with Gasteiger partial charge in [0.15, 0.2) is 4.90 Å². The van der Waals surface area contributed by atoms with Crippen molar-refractivity contribution in [3.8, 4) is 0 Å². The van der Waals surface area contributed by atoms with E-state index in [4.69, 9.17) is 5.11 Å². The van der Waals surface area contributed by atoms with Crippen molar-refractivity contribution in [3.05, 3.63) is 119 Å². The molecule has 1 aliphatic heterocycles. The number of amides is 2. The highest BCUT2D eigenvalue weighted by Gasteiger charge is 2.35. The summed E-state index contributed by atoms with van der Waals surface area (Å²) in [7, 11) is 0. The minimum Gasteiger partial charge on any atom is -0.593 e. The predicted octanol–water partition coefficient (Wildman–Crippen LogP) is 7.26. The Labute approximate surface area is 318 Å². The smallest absolute Gasteiger partial charge is 0.335 e. The van der Waals surface area contributed by atoms with Crippen LogP contribution in [0, 0.1) is 5.92 Å². The van der Waals surface area contributed by atoms with Crippen molar-refractivity contribution in [2.45, 2.75) is 69.2 Å². The second-order valence-corrected chi connectivity index (χ2v) is 15.3. The van der Waals surface area contributed by atoms with Gasteiger partial charge in [-0.1, -0.05) is 30.3 Å². The van der Waals surface area contributed by atoms with Gasteiger partial charge < -0.3 is 30.3 Å². The van der Waals surface area contributed by atoms with Gasteiger partial charge >= 0.3 is 11.9 Å². The van der Waals surface area contributed by atoms with Gasteiger partial charge in [0.25, 0.3) is 11.8 Å². The Kier molecular flexibility index (Phi) is 12.7. The molecule has 1 atom stereocenters. The van der Waals surface area contributed by atoms with Crippen LogP contribution in [0.15, 0.2) is 95.9 Å². The highest BCUT2D eigenvalue weighted by Crippen LogP contribution is 2.32. The number of hydrogen-bond acceptors (Lipinski definition) is 7. The van der Waals surface area contributed by atoms with Crippen LogP contribution in [0.2, 0.25) is 0 Å². The zero-order chi connectivity index (χ0) is 38.2. The zero-order valence-corrected chi connectivity index (χ0v) is 31.1. The second-order valence-electron chi connectivity index (χ2n) is 13.9. The van der Waals surface area contributed by atoms with Crippen LogP contribution >= 0.6 is 0 Å². The SMILES string of the molecule is CCN(C1CCC(C(=O)O)CC1)[S+]([O-])c1cccc(C(=O)Nc2ccc(N3CCCC3)cc2C(=O)Nc2ccc(CCc3ccc(C(=O)O)cc3)cc2)c1. The van der Waals surface area contributed by atoms with Gasteiger partial charge in [-0.15, -0.1) is 4.31 Å². The maximum Gasteiger partial charge on any atom is 0.335 e. The molecule has 1 heterocycles. The maximum atomic E-state index is 13.8. The van der Waals surface area contributed by atoms with E-state index in [1.165, 1.54) is 0 Å². The molecule has 6 rings (SSSR count). The second kappa shape index (κ2) is 17.8. The van der Waals surface area contributed by atoms with Gasteiger partial charge in [-0.3, -0.25) is 14.4 Å². The van der Waals surface area contributed by atoms with Crippen LogP contribution in [-0.2, 0) is 29.0 Å². The third kappa shape index (κ3) is 9.49. The number of carbonyl (C=O) groups is 4. The molecule has 11 nitrogen and oxygen atoms in total. The number of rotatable bonds is 14. The summed E-state index contributed by atoms with van der Waals surface area (Å²) in [5, 5.41) is 24.5. The molecule has 1 aliphatic carbocycles. The van der Waals surface area contributed by atoms with Gasteiger partial charge in [-0.25, -0.2) is 4.79 Å². The van der Waals surface area contributed by atoms with E-state index >= 15 is 0 Å². The molecule has 2 fully saturated rings. The van der Waals surface area contributed by atoms with Crippen LogP contribution in [0.3, 0.4) is 0 Å². The Morgan fingerprint density at radius 2 is 1.43 bits per heavy atom. The molecule has 2 aliphatic rings. The summed E-state index contributed by atoms with van der Waals surface area (Å²) in [6, 6.07) is 26.6. The van der Waals surface area contributed by atoms with Gasteiger partial charge in [0.2, 0.25) is 0 Å². The molecule has 4 aromatic carbocycles. The predicted molar refractivity (Wildman–Crippen MR) is 210 cm³/mol. The number of nitrogens with one attached hydrogen (secondary N) is 2. The molecule has 0 spiro atoms. The third-order valence-corrected chi connectivity index (χ3v) is 12.0. The molecule has 4 N–H and O–H groups in total. The highest BCUT2D eigenvalue weighted by molar-refractivity contribution is 7.89. The summed E-state index contributed by atoms with van der Waals surface area (Å²) in [5.74, 6) is -2.92. The Balaban J connectivity index is 1.14. The fraction of sp³-hybridized carbons (Fsp3) is 0.333. The first-order valence-corrected chi connectivity index (χ1v) is 19.6. The quantitative estimate of drug-likeness (QED) is 0.0972. The molecule has 12 heteroatoms. The van der Waals surface area contributed by atoms with Crippen molar-refractivity contribution >= 4 is 52.2 Å². The fourth-order valence-electron chi connectivity index (χ4n) is 7.25. The Morgan fingerprint density at radius 1 is 0.778 bits per heavy atom. The molecule has 0 bridgehead atoms. The number of aryl methyl sites for hydroxylation is 2. The van der Waals surface area contributed by atoms with E-state index < -0.39 is 29.2 Å². The van der Waals surface area contributed by atoms with E-state index in [0.717, 1.165) is 55.6 Å². The number of carboxylic acid groups (broad SMARTS) is 2. The molecule has 4 aromatic rings. The molecular formula is C42H46N4O7S.